The molecular formula is C16H19N3O8S. The maximum Gasteiger partial charge on any atom is 0.316 e. The van der Waals surface area contributed by atoms with Crippen molar-refractivity contribution in [2.75, 3.05) is 38.2 Å². The maximum atomic E-state index is 12.5. The minimum atomic E-state index is -3.63. The van der Waals surface area contributed by atoms with Crippen LogP contribution in [0.15, 0.2) is 29.2 Å². The second-order valence-corrected chi connectivity index (χ2v) is 8.33. The topological polar surface area (TPSA) is 145 Å². The summed E-state index contributed by atoms with van der Waals surface area (Å²) in [5.74, 6) is -2.20. The normalized spacial score (nSPS) is 22.3. The Morgan fingerprint density at radius 1 is 1.25 bits per heavy atom. The van der Waals surface area contributed by atoms with E-state index in [4.69, 9.17) is 9.47 Å². The molecule has 1 aromatic carbocycles. The summed E-state index contributed by atoms with van der Waals surface area (Å²) in [5.41, 5.74) is 0.330. The lowest BCUT2D eigenvalue weighted by Crippen LogP contribution is -2.40. The van der Waals surface area contributed by atoms with Gasteiger partial charge in [0.05, 0.1) is 18.1 Å². The molecule has 1 saturated carbocycles. The number of rotatable bonds is 7. The van der Waals surface area contributed by atoms with Crippen molar-refractivity contribution in [3.8, 4) is 0 Å². The van der Waals surface area contributed by atoms with Gasteiger partial charge < -0.3 is 14.8 Å². The second kappa shape index (κ2) is 8.20. The van der Waals surface area contributed by atoms with Gasteiger partial charge in [-0.05, 0) is 24.3 Å². The van der Waals surface area contributed by atoms with Crippen LogP contribution in [-0.2, 0) is 29.1 Å². The fraction of sp³-hybridized carbons (Fsp3) is 0.500. The van der Waals surface area contributed by atoms with Crippen LogP contribution in [0.1, 0.15) is 6.42 Å². The summed E-state index contributed by atoms with van der Waals surface area (Å²) in [5, 5.41) is 13.0. The van der Waals surface area contributed by atoms with Crippen LogP contribution >= 0.6 is 0 Å². The van der Waals surface area contributed by atoms with Crippen molar-refractivity contribution in [2.45, 2.75) is 17.4 Å². The van der Waals surface area contributed by atoms with Gasteiger partial charge in [0.15, 0.2) is 6.61 Å². The smallest absolute Gasteiger partial charge is 0.316 e. The molecule has 0 aromatic heterocycles. The van der Waals surface area contributed by atoms with Gasteiger partial charge in [0.2, 0.25) is 16.1 Å². The Labute approximate surface area is 160 Å². The van der Waals surface area contributed by atoms with Gasteiger partial charge in [-0.15, -0.1) is 0 Å². The number of ether oxygens (including phenoxy) is 2. The van der Waals surface area contributed by atoms with Gasteiger partial charge >= 0.3 is 5.97 Å². The number of carbonyl (C=O) groups excluding carboxylic acids is 2. The molecular weight excluding hydrogens is 394 g/mol. The molecule has 1 aromatic rings. The third kappa shape index (κ3) is 4.64. The third-order valence-electron chi connectivity index (χ3n) is 4.42. The number of nitrogens with one attached hydrogen (secondary N) is 1. The lowest BCUT2D eigenvalue weighted by molar-refractivity contribution is -0.497. The number of hydrogen-bond acceptors (Lipinski definition) is 8. The highest BCUT2D eigenvalue weighted by molar-refractivity contribution is 7.89. The monoisotopic (exact) mass is 413 g/mol. The molecule has 11 nitrogen and oxygen atoms in total. The van der Waals surface area contributed by atoms with Gasteiger partial charge in [0.1, 0.15) is 5.92 Å². The van der Waals surface area contributed by atoms with Crippen molar-refractivity contribution in [1.82, 2.24) is 4.31 Å². The molecule has 2 fully saturated rings. The first-order valence-corrected chi connectivity index (χ1v) is 10.0. The zero-order valence-electron chi connectivity index (χ0n) is 14.8. The summed E-state index contributed by atoms with van der Waals surface area (Å²) >= 11 is 0. The first-order chi connectivity index (χ1) is 13.3. The molecule has 2 atom stereocenters. The number of anilines is 1. The number of benzene rings is 1. The molecule has 1 N–H and O–H groups in total. The third-order valence-corrected chi connectivity index (χ3v) is 6.33. The van der Waals surface area contributed by atoms with E-state index in [-0.39, 0.29) is 24.4 Å². The van der Waals surface area contributed by atoms with E-state index in [2.05, 4.69) is 5.32 Å². The highest BCUT2D eigenvalue weighted by Gasteiger charge is 2.54. The minimum absolute atomic E-state index is 0.0957. The molecule has 12 heteroatoms. The lowest BCUT2D eigenvalue weighted by Gasteiger charge is -2.26. The van der Waals surface area contributed by atoms with Crippen molar-refractivity contribution in [3.63, 3.8) is 0 Å². The largest absolute Gasteiger partial charge is 0.455 e. The molecule has 0 spiro atoms. The van der Waals surface area contributed by atoms with Crippen LogP contribution in [0.2, 0.25) is 0 Å². The van der Waals surface area contributed by atoms with E-state index < -0.39 is 45.4 Å². The van der Waals surface area contributed by atoms with Gasteiger partial charge in [-0.1, -0.05) is 0 Å². The van der Waals surface area contributed by atoms with E-state index in [1.807, 2.05) is 0 Å². The zero-order valence-corrected chi connectivity index (χ0v) is 15.6. The Balaban J connectivity index is 1.50. The first kappa shape index (κ1) is 20.2. The predicted octanol–water partition coefficient (Wildman–Crippen LogP) is -0.146. The SMILES string of the molecule is O=C(COC(=O)C1CC1[N+](=O)[O-])Nc1ccc(S(=O)(=O)N2CCOCC2)cc1. The Bertz CT molecular complexity index is 864. The van der Waals surface area contributed by atoms with Crippen LogP contribution in [0.25, 0.3) is 0 Å². The molecule has 28 heavy (non-hydrogen) atoms. The molecule has 0 bridgehead atoms. The summed E-state index contributed by atoms with van der Waals surface area (Å²) < 4.78 is 36.3. The second-order valence-electron chi connectivity index (χ2n) is 6.39. The Morgan fingerprint density at radius 2 is 1.89 bits per heavy atom. The maximum absolute atomic E-state index is 12.5. The Hall–Kier alpha value is -2.57. The molecule has 0 radical (unpaired) electrons. The standard InChI is InChI=1S/C16H19N3O8S/c20-15(10-27-16(21)13-9-14(13)19(22)23)17-11-1-3-12(4-2-11)28(24,25)18-5-7-26-8-6-18/h1-4,13-14H,5-10H2,(H,17,20). The average molecular weight is 413 g/mol. The van der Waals surface area contributed by atoms with E-state index >= 15 is 0 Å². The van der Waals surface area contributed by atoms with Crippen LogP contribution in [0.3, 0.4) is 0 Å². The summed E-state index contributed by atoms with van der Waals surface area (Å²) in [6.45, 7) is 0.674. The van der Waals surface area contributed by atoms with Crippen LogP contribution in [-0.4, -0.2) is 68.5 Å². The van der Waals surface area contributed by atoms with E-state index in [0.717, 1.165) is 0 Å². The van der Waals surface area contributed by atoms with Crippen LogP contribution < -0.4 is 5.32 Å². The van der Waals surface area contributed by atoms with Crippen LogP contribution in [0.5, 0.6) is 0 Å². The number of nitro groups is 1. The van der Waals surface area contributed by atoms with Crippen LogP contribution in [0.4, 0.5) is 5.69 Å². The van der Waals surface area contributed by atoms with E-state index in [9.17, 15) is 28.1 Å². The van der Waals surface area contributed by atoms with Crippen LogP contribution in [0, 0.1) is 16.0 Å². The minimum Gasteiger partial charge on any atom is -0.455 e. The van der Waals surface area contributed by atoms with Gasteiger partial charge in [-0.2, -0.15) is 4.31 Å². The van der Waals surface area contributed by atoms with Gasteiger partial charge in [-0.3, -0.25) is 19.7 Å². The van der Waals surface area contributed by atoms with Crippen molar-refractivity contribution >= 4 is 27.6 Å². The van der Waals surface area contributed by atoms with Gasteiger partial charge in [0, 0.05) is 30.1 Å². The summed E-state index contributed by atoms with van der Waals surface area (Å²) in [6, 6.07) is 4.67. The zero-order chi connectivity index (χ0) is 20.3. The molecule has 1 aliphatic carbocycles. The molecule has 1 heterocycles. The number of esters is 1. The molecule has 152 valence electrons. The molecule has 2 unspecified atom stereocenters. The number of sulfonamides is 1. The fourth-order valence-electron chi connectivity index (χ4n) is 2.75. The van der Waals surface area contributed by atoms with Crippen molar-refractivity contribution in [3.05, 3.63) is 34.4 Å². The van der Waals surface area contributed by atoms with E-state index in [1.165, 1.54) is 28.6 Å². The first-order valence-electron chi connectivity index (χ1n) is 8.57. The molecule has 1 saturated heterocycles. The molecule has 1 amide bonds. The van der Waals surface area contributed by atoms with Crippen molar-refractivity contribution in [1.29, 1.82) is 0 Å². The summed E-state index contributed by atoms with van der Waals surface area (Å²) in [7, 11) is -3.63. The average Bonchev–Trinajstić information content (AvgIpc) is 3.48. The highest BCUT2D eigenvalue weighted by Crippen LogP contribution is 2.34. The highest BCUT2D eigenvalue weighted by atomic mass is 32.2. The molecule has 3 rings (SSSR count). The number of carbonyl (C=O) groups is 2. The van der Waals surface area contributed by atoms with E-state index in [1.54, 1.807) is 0 Å². The Morgan fingerprint density at radius 3 is 2.46 bits per heavy atom. The quantitative estimate of drug-likeness (QED) is 0.369. The predicted molar refractivity (Wildman–Crippen MR) is 94.5 cm³/mol. The number of morpholine rings is 1. The number of amides is 1. The van der Waals surface area contributed by atoms with E-state index in [0.29, 0.717) is 18.9 Å². The van der Waals surface area contributed by atoms with Crippen molar-refractivity contribution in [2.24, 2.45) is 5.92 Å². The van der Waals surface area contributed by atoms with Gasteiger partial charge in [-0.25, -0.2) is 8.42 Å². The molecule has 2 aliphatic rings. The lowest BCUT2D eigenvalue weighted by atomic mass is 10.3. The number of nitrogens with zero attached hydrogens (tertiary/aromatic N) is 2. The summed E-state index contributed by atoms with van der Waals surface area (Å²) in [4.78, 5) is 33.5. The molecule has 1 aliphatic heterocycles. The Kier molecular flexibility index (Phi) is 5.91. The fourth-order valence-corrected chi connectivity index (χ4v) is 4.16. The number of hydrogen-bond donors (Lipinski definition) is 1. The van der Waals surface area contributed by atoms with Crippen molar-refractivity contribution < 1.29 is 32.4 Å². The summed E-state index contributed by atoms with van der Waals surface area (Å²) in [6.07, 6.45) is 0.118. The van der Waals surface area contributed by atoms with Gasteiger partial charge in [0.25, 0.3) is 5.91 Å².